The lowest BCUT2D eigenvalue weighted by atomic mass is 10.1. The highest BCUT2D eigenvalue weighted by Gasteiger charge is 2.16. The Kier molecular flexibility index (Phi) is 4.01. The van der Waals surface area contributed by atoms with Crippen LogP contribution in [0.1, 0.15) is 44.4 Å². The van der Waals surface area contributed by atoms with E-state index >= 15 is 0 Å². The van der Waals surface area contributed by atoms with E-state index in [-0.39, 0.29) is 5.56 Å². The largest absolute Gasteiger partial charge is 0.315 e. The van der Waals surface area contributed by atoms with Crippen LogP contribution in [0.2, 0.25) is 0 Å². The Morgan fingerprint density at radius 3 is 2.64 bits per heavy atom. The van der Waals surface area contributed by atoms with Crippen LogP contribution in [-0.2, 0) is 13.0 Å². The van der Waals surface area contributed by atoms with E-state index in [2.05, 4.69) is 11.5 Å². The van der Waals surface area contributed by atoms with E-state index in [1.165, 1.54) is 12.8 Å². The fourth-order valence-electron chi connectivity index (χ4n) is 3.19. The molecule has 4 nitrogen and oxygen atoms in total. The van der Waals surface area contributed by atoms with E-state index in [1.807, 2.05) is 38.1 Å². The van der Waals surface area contributed by atoms with Crippen LogP contribution in [-0.4, -0.2) is 14.0 Å². The van der Waals surface area contributed by atoms with Crippen molar-refractivity contribution in [1.82, 2.24) is 14.0 Å². The first-order chi connectivity index (χ1) is 10.7. The number of unbranched alkanes of at least 4 members (excludes halogenated alkanes) is 2. The number of fused-ring (bicyclic) bond motifs is 3. The van der Waals surface area contributed by atoms with Gasteiger partial charge in [-0.05, 0) is 31.9 Å². The Bertz CT molecular complexity index is 873. The minimum Gasteiger partial charge on any atom is -0.315 e. The molecule has 0 spiro atoms. The Morgan fingerprint density at radius 2 is 1.91 bits per heavy atom. The number of aromatic nitrogens is 3. The summed E-state index contributed by atoms with van der Waals surface area (Å²) in [6, 6.07) is 7.87. The number of rotatable bonds is 5. The molecule has 0 amide bonds. The average Bonchev–Trinajstić information content (AvgIpc) is 2.90. The van der Waals surface area contributed by atoms with Crippen molar-refractivity contribution in [3.05, 3.63) is 45.9 Å². The molecule has 0 aliphatic heterocycles. The monoisotopic (exact) mass is 297 g/mol. The molecule has 0 aliphatic rings. The third kappa shape index (κ3) is 2.23. The second-order valence-electron chi connectivity index (χ2n) is 5.82. The zero-order valence-corrected chi connectivity index (χ0v) is 13.6. The molecule has 2 heterocycles. The van der Waals surface area contributed by atoms with Crippen LogP contribution in [0.5, 0.6) is 0 Å². The van der Waals surface area contributed by atoms with Crippen LogP contribution < -0.4 is 5.56 Å². The summed E-state index contributed by atoms with van der Waals surface area (Å²) in [7, 11) is 0. The quantitative estimate of drug-likeness (QED) is 0.673. The zero-order chi connectivity index (χ0) is 15.7. The molecular formula is C18H23N3O. The molecule has 1 aromatic carbocycles. The molecule has 0 aliphatic carbocycles. The van der Waals surface area contributed by atoms with Crippen LogP contribution in [0.25, 0.3) is 16.8 Å². The molecule has 0 bridgehead atoms. The van der Waals surface area contributed by atoms with E-state index in [4.69, 9.17) is 4.98 Å². The van der Waals surface area contributed by atoms with Gasteiger partial charge < -0.3 is 4.57 Å². The lowest BCUT2D eigenvalue weighted by Crippen LogP contribution is -2.25. The van der Waals surface area contributed by atoms with Crippen molar-refractivity contribution in [1.29, 1.82) is 0 Å². The van der Waals surface area contributed by atoms with Crippen molar-refractivity contribution in [3.8, 4) is 0 Å². The Balaban J connectivity index is 2.34. The highest BCUT2D eigenvalue weighted by atomic mass is 16.1. The number of aryl methyl sites for hydroxylation is 1. The molecular weight excluding hydrogens is 274 g/mol. The molecule has 116 valence electrons. The van der Waals surface area contributed by atoms with Gasteiger partial charge in [-0.15, -0.1) is 0 Å². The number of hydrogen-bond acceptors (Lipinski definition) is 2. The number of hydrogen-bond donors (Lipinski definition) is 0. The van der Waals surface area contributed by atoms with Crippen LogP contribution in [0, 0.1) is 6.92 Å². The van der Waals surface area contributed by atoms with Crippen molar-refractivity contribution >= 4 is 16.8 Å². The molecule has 4 heteroatoms. The van der Waals surface area contributed by atoms with E-state index < -0.39 is 0 Å². The van der Waals surface area contributed by atoms with Gasteiger partial charge in [-0.25, -0.2) is 9.38 Å². The number of nitrogens with zero attached hydrogens (tertiary/aromatic N) is 3. The maximum atomic E-state index is 12.8. The molecule has 3 aromatic rings. The summed E-state index contributed by atoms with van der Waals surface area (Å²) in [5.41, 5.74) is 3.83. The molecule has 0 unspecified atom stereocenters. The Morgan fingerprint density at radius 1 is 1.14 bits per heavy atom. The summed E-state index contributed by atoms with van der Waals surface area (Å²) in [4.78, 5) is 17.6. The molecule has 0 fully saturated rings. The average molecular weight is 297 g/mol. The SMILES string of the molecule is CCCCCn1c(C)c(CC)c(=O)n2c3ccccc3nc12. The normalized spacial score (nSPS) is 11.6. The second kappa shape index (κ2) is 5.95. The van der Waals surface area contributed by atoms with Crippen molar-refractivity contribution in [2.24, 2.45) is 0 Å². The van der Waals surface area contributed by atoms with E-state index in [0.717, 1.165) is 47.5 Å². The molecule has 0 N–H and O–H groups in total. The van der Waals surface area contributed by atoms with E-state index in [1.54, 1.807) is 4.40 Å². The zero-order valence-electron chi connectivity index (χ0n) is 13.6. The number of imidazole rings is 1. The van der Waals surface area contributed by atoms with Gasteiger partial charge in [0.2, 0.25) is 5.78 Å². The van der Waals surface area contributed by atoms with E-state index in [9.17, 15) is 4.79 Å². The van der Waals surface area contributed by atoms with Gasteiger partial charge in [0.25, 0.3) is 5.56 Å². The predicted octanol–water partition coefficient (Wildman–Crippen LogP) is 3.71. The Hall–Kier alpha value is -2.10. The highest BCUT2D eigenvalue weighted by molar-refractivity contribution is 5.79. The molecule has 22 heavy (non-hydrogen) atoms. The molecule has 0 saturated carbocycles. The standard InChI is InChI=1S/C18H23N3O/c1-4-6-9-12-20-13(3)14(5-2)17(22)21-16-11-8-7-10-15(16)19-18(20)21/h7-8,10-11H,4-6,9,12H2,1-3H3. The number of benzene rings is 1. The predicted molar refractivity (Wildman–Crippen MR) is 90.6 cm³/mol. The molecule has 0 saturated heterocycles. The lowest BCUT2D eigenvalue weighted by Gasteiger charge is -2.15. The van der Waals surface area contributed by atoms with Gasteiger partial charge in [0.15, 0.2) is 0 Å². The molecule has 2 aromatic heterocycles. The second-order valence-corrected chi connectivity index (χ2v) is 5.82. The fourth-order valence-corrected chi connectivity index (χ4v) is 3.19. The van der Waals surface area contributed by atoms with Gasteiger partial charge in [0, 0.05) is 17.8 Å². The van der Waals surface area contributed by atoms with Gasteiger partial charge in [0.05, 0.1) is 11.0 Å². The first kappa shape index (κ1) is 14.8. The summed E-state index contributed by atoms with van der Waals surface area (Å²) >= 11 is 0. The minimum atomic E-state index is 0.0791. The van der Waals surface area contributed by atoms with Crippen LogP contribution in [0.3, 0.4) is 0 Å². The summed E-state index contributed by atoms with van der Waals surface area (Å²) < 4.78 is 4.00. The van der Waals surface area contributed by atoms with Gasteiger partial charge in [-0.3, -0.25) is 4.79 Å². The first-order valence-electron chi connectivity index (χ1n) is 8.18. The van der Waals surface area contributed by atoms with Crippen molar-refractivity contribution < 1.29 is 0 Å². The van der Waals surface area contributed by atoms with Crippen LogP contribution >= 0.6 is 0 Å². The van der Waals surface area contributed by atoms with Gasteiger partial charge >= 0.3 is 0 Å². The third-order valence-electron chi connectivity index (χ3n) is 4.43. The van der Waals surface area contributed by atoms with Crippen molar-refractivity contribution in [2.45, 2.75) is 53.0 Å². The Labute approximate surface area is 130 Å². The maximum absolute atomic E-state index is 12.8. The van der Waals surface area contributed by atoms with Gasteiger partial charge in [-0.2, -0.15) is 0 Å². The fraction of sp³-hybridized carbons (Fsp3) is 0.444. The summed E-state index contributed by atoms with van der Waals surface area (Å²) in [6.07, 6.45) is 4.25. The molecule has 0 radical (unpaired) electrons. The van der Waals surface area contributed by atoms with Crippen molar-refractivity contribution in [2.75, 3.05) is 0 Å². The maximum Gasteiger partial charge on any atom is 0.262 e. The minimum absolute atomic E-state index is 0.0791. The summed E-state index contributed by atoms with van der Waals surface area (Å²) in [5, 5.41) is 0. The van der Waals surface area contributed by atoms with E-state index in [0.29, 0.717) is 0 Å². The van der Waals surface area contributed by atoms with Gasteiger partial charge in [0.1, 0.15) is 0 Å². The van der Waals surface area contributed by atoms with Crippen LogP contribution in [0.4, 0.5) is 0 Å². The highest BCUT2D eigenvalue weighted by Crippen LogP contribution is 2.18. The topological polar surface area (TPSA) is 39.3 Å². The lowest BCUT2D eigenvalue weighted by molar-refractivity contribution is 0.587. The van der Waals surface area contributed by atoms with Gasteiger partial charge in [-0.1, -0.05) is 38.8 Å². The summed E-state index contributed by atoms with van der Waals surface area (Å²) in [5.74, 6) is 0.775. The van der Waals surface area contributed by atoms with Crippen LogP contribution in [0.15, 0.2) is 29.1 Å². The van der Waals surface area contributed by atoms with Crippen molar-refractivity contribution in [3.63, 3.8) is 0 Å². The molecule has 0 atom stereocenters. The molecule has 3 rings (SSSR count). The summed E-state index contributed by atoms with van der Waals surface area (Å²) in [6.45, 7) is 7.21. The number of para-hydroxylation sites is 2. The third-order valence-corrected chi connectivity index (χ3v) is 4.43. The first-order valence-corrected chi connectivity index (χ1v) is 8.18. The smallest absolute Gasteiger partial charge is 0.262 e.